The molecule has 166 valence electrons. The van der Waals surface area contributed by atoms with Crippen molar-refractivity contribution in [1.29, 1.82) is 0 Å². The maximum atomic E-state index is 12.4. The Labute approximate surface area is 191 Å². The van der Waals surface area contributed by atoms with Crippen LogP contribution in [-0.2, 0) is 11.3 Å². The first-order valence-corrected chi connectivity index (χ1v) is 11.2. The van der Waals surface area contributed by atoms with Crippen molar-refractivity contribution >= 4 is 29.1 Å². The molecule has 0 saturated carbocycles. The van der Waals surface area contributed by atoms with Crippen molar-refractivity contribution in [2.24, 2.45) is 0 Å². The van der Waals surface area contributed by atoms with Crippen LogP contribution in [-0.4, -0.2) is 32.2 Å². The number of nitrogens with zero attached hydrogens (tertiary/aromatic N) is 3. The Morgan fingerprint density at radius 3 is 2.72 bits per heavy atom. The van der Waals surface area contributed by atoms with E-state index >= 15 is 0 Å². The molecule has 1 amide bonds. The lowest BCUT2D eigenvalue weighted by Crippen LogP contribution is -2.16. The third kappa shape index (κ3) is 6.07. The molecule has 0 fully saturated rings. The predicted octanol–water partition coefficient (Wildman–Crippen LogP) is 4.85. The maximum Gasteiger partial charge on any atom is 0.234 e. The van der Waals surface area contributed by atoms with Crippen molar-refractivity contribution in [2.75, 3.05) is 11.1 Å². The van der Waals surface area contributed by atoms with Crippen LogP contribution in [0.3, 0.4) is 0 Å². The van der Waals surface area contributed by atoms with E-state index in [2.05, 4.69) is 22.1 Å². The van der Waals surface area contributed by atoms with Gasteiger partial charge in [-0.25, -0.2) is 0 Å². The van der Waals surface area contributed by atoms with Crippen LogP contribution >= 0.6 is 11.8 Å². The number of hydrogen-bond acceptors (Lipinski definition) is 6. The van der Waals surface area contributed by atoms with Gasteiger partial charge in [0.15, 0.2) is 22.9 Å². The minimum atomic E-state index is -0.332. The van der Waals surface area contributed by atoms with Crippen molar-refractivity contribution in [2.45, 2.75) is 38.6 Å². The number of aromatic nitrogens is 3. The van der Waals surface area contributed by atoms with Crippen molar-refractivity contribution in [3.05, 3.63) is 78.1 Å². The van der Waals surface area contributed by atoms with E-state index in [4.69, 9.17) is 4.74 Å². The van der Waals surface area contributed by atoms with E-state index in [1.807, 2.05) is 42.7 Å². The van der Waals surface area contributed by atoms with Crippen LogP contribution in [0.5, 0.6) is 5.75 Å². The molecule has 0 aliphatic rings. The zero-order valence-corrected chi connectivity index (χ0v) is 19.2. The van der Waals surface area contributed by atoms with Gasteiger partial charge in [-0.05, 0) is 50.6 Å². The van der Waals surface area contributed by atoms with Crippen LogP contribution < -0.4 is 10.1 Å². The first-order valence-electron chi connectivity index (χ1n) is 10.2. The summed E-state index contributed by atoms with van der Waals surface area (Å²) in [6, 6.07) is 14.7. The van der Waals surface area contributed by atoms with Gasteiger partial charge < -0.3 is 10.1 Å². The maximum absolute atomic E-state index is 12.4. The Morgan fingerprint density at radius 1 is 1.22 bits per heavy atom. The zero-order valence-electron chi connectivity index (χ0n) is 18.4. The number of carbonyl (C=O) groups excluding carboxylic acids is 2. The second-order valence-electron chi connectivity index (χ2n) is 7.29. The molecule has 0 aliphatic heterocycles. The highest BCUT2D eigenvalue weighted by Gasteiger charge is 2.20. The molecule has 1 heterocycles. The Morgan fingerprint density at radius 2 is 2.00 bits per heavy atom. The van der Waals surface area contributed by atoms with Gasteiger partial charge >= 0.3 is 0 Å². The first-order chi connectivity index (χ1) is 15.4. The molecule has 3 aromatic rings. The van der Waals surface area contributed by atoms with E-state index in [9.17, 15) is 9.59 Å². The molecule has 0 spiro atoms. The van der Waals surface area contributed by atoms with E-state index in [0.717, 1.165) is 11.3 Å². The summed E-state index contributed by atoms with van der Waals surface area (Å²) in [7, 11) is 0. The number of benzene rings is 2. The van der Waals surface area contributed by atoms with Crippen LogP contribution in [0.4, 0.5) is 5.69 Å². The number of aryl methyl sites for hydroxylation is 1. The average molecular weight is 451 g/mol. The molecule has 7 nitrogen and oxygen atoms in total. The van der Waals surface area contributed by atoms with E-state index < -0.39 is 0 Å². The molecule has 0 saturated heterocycles. The third-order valence-corrected chi connectivity index (χ3v) is 5.58. The topological polar surface area (TPSA) is 86.1 Å². The van der Waals surface area contributed by atoms with Gasteiger partial charge in [0.1, 0.15) is 5.75 Å². The van der Waals surface area contributed by atoms with Gasteiger partial charge in [0, 0.05) is 17.8 Å². The molecule has 1 N–H and O–H groups in total. The molecule has 0 radical (unpaired) electrons. The Balaban J connectivity index is 1.67. The smallest absolute Gasteiger partial charge is 0.234 e. The number of ether oxygens (including phenoxy) is 1. The molecule has 1 unspecified atom stereocenters. The lowest BCUT2D eigenvalue weighted by molar-refractivity contribution is -0.113. The van der Waals surface area contributed by atoms with Crippen LogP contribution in [0, 0.1) is 6.92 Å². The van der Waals surface area contributed by atoms with Crippen molar-refractivity contribution in [3.63, 3.8) is 0 Å². The number of anilines is 1. The van der Waals surface area contributed by atoms with Crippen molar-refractivity contribution in [3.8, 4) is 5.75 Å². The van der Waals surface area contributed by atoms with E-state index in [1.54, 1.807) is 30.3 Å². The summed E-state index contributed by atoms with van der Waals surface area (Å²) in [6.07, 6.45) is 1.42. The fourth-order valence-corrected chi connectivity index (χ4v) is 3.85. The van der Waals surface area contributed by atoms with Crippen LogP contribution in [0.15, 0.2) is 66.3 Å². The highest BCUT2D eigenvalue weighted by Crippen LogP contribution is 2.25. The number of amides is 1. The van der Waals surface area contributed by atoms with Crippen LogP contribution in [0.1, 0.15) is 41.7 Å². The number of rotatable bonds is 10. The standard InChI is InChI=1S/C24H26N4O3S/c1-5-12-28-23(18(4)31-21-11-6-8-16(2)13-21)26-27-24(28)32-15-22(30)25-20-10-7-9-19(14-20)17(3)29/h5-11,13-14,18H,1,12,15H2,2-4H3,(H,25,30). The Hall–Kier alpha value is -3.39. The van der Waals surface area contributed by atoms with Gasteiger partial charge in [-0.2, -0.15) is 0 Å². The van der Waals surface area contributed by atoms with Crippen LogP contribution in [0.25, 0.3) is 0 Å². The molecule has 32 heavy (non-hydrogen) atoms. The zero-order chi connectivity index (χ0) is 23.1. The largest absolute Gasteiger partial charge is 0.483 e. The molecule has 3 rings (SSSR count). The summed E-state index contributed by atoms with van der Waals surface area (Å²) in [5, 5.41) is 12.0. The van der Waals surface area contributed by atoms with E-state index in [-0.39, 0.29) is 23.5 Å². The summed E-state index contributed by atoms with van der Waals surface area (Å²) in [4.78, 5) is 24.0. The molecule has 8 heteroatoms. The summed E-state index contributed by atoms with van der Waals surface area (Å²) in [5.41, 5.74) is 2.24. The number of nitrogens with one attached hydrogen (secondary N) is 1. The van der Waals surface area contributed by atoms with E-state index in [0.29, 0.717) is 28.8 Å². The molecule has 1 aromatic heterocycles. The second kappa shape index (κ2) is 10.8. The number of hydrogen-bond donors (Lipinski definition) is 1. The van der Waals surface area contributed by atoms with Gasteiger partial charge in [0.2, 0.25) is 5.91 Å². The lowest BCUT2D eigenvalue weighted by Gasteiger charge is -2.16. The highest BCUT2D eigenvalue weighted by atomic mass is 32.2. The first kappa shape index (κ1) is 23.3. The number of Topliss-reactive ketones (excluding diaryl/α,β-unsaturated/α-hetero) is 1. The van der Waals surface area contributed by atoms with Gasteiger partial charge in [0.05, 0.1) is 5.75 Å². The van der Waals surface area contributed by atoms with Crippen molar-refractivity contribution < 1.29 is 14.3 Å². The average Bonchev–Trinajstić information content (AvgIpc) is 3.15. The van der Waals surface area contributed by atoms with Gasteiger partial charge in [-0.1, -0.05) is 42.1 Å². The SMILES string of the molecule is C=CCn1c(SCC(=O)Nc2cccc(C(C)=O)c2)nnc1C(C)Oc1cccc(C)c1. The molecule has 1 atom stereocenters. The third-order valence-electron chi connectivity index (χ3n) is 4.61. The summed E-state index contributed by atoms with van der Waals surface area (Å²) in [6.45, 7) is 9.72. The molecule has 0 bridgehead atoms. The predicted molar refractivity (Wildman–Crippen MR) is 126 cm³/mol. The van der Waals surface area contributed by atoms with Gasteiger partial charge in [-0.3, -0.25) is 14.2 Å². The lowest BCUT2D eigenvalue weighted by atomic mass is 10.1. The van der Waals surface area contributed by atoms with Crippen molar-refractivity contribution in [1.82, 2.24) is 14.8 Å². The Kier molecular flexibility index (Phi) is 7.83. The Bertz CT molecular complexity index is 1130. The number of carbonyl (C=O) groups is 2. The fraction of sp³-hybridized carbons (Fsp3) is 0.250. The molecule has 0 aliphatic carbocycles. The quantitative estimate of drug-likeness (QED) is 0.270. The van der Waals surface area contributed by atoms with Gasteiger partial charge in [0.25, 0.3) is 0 Å². The minimum Gasteiger partial charge on any atom is -0.483 e. The summed E-state index contributed by atoms with van der Waals surface area (Å²) >= 11 is 1.28. The minimum absolute atomic E-state index is 0.0532. The molecule has 2 aromatic carbocycles. The number of thioether (sulfide) groups is 1. The summed E-state index contributed by atoms with van der Waals surface area (Å²) in [5.74, 6) is 1.31. The molecular weight excluding hydrogens is 424 g/mol. The number of ketones is 1. The van der Waals surface area contributed by atoms with Crippen LogP contribution in [0.2, 0.25) is 0 Å². The fourth-order valence-electron chi connectivity index (χ4n) is 3.10. The number of allylic oxidation sites excluding steroid dienone is 1. The van der Waals surface area contributed by atoms with E-state index in [1.165, 1.54) is 18.7 Å². The molecular formula is C24H26N4O3S. The second-order valence-corrected chi connectivity index (χ2v) is 8.23. The highest BCUT2D eigenvalue weighted by molar-refractivity contribution is 7.99. The summed E-state index contributed by atoms with van der Waals surface area (Å²) < 4.78 is 7.93. The van der Waals surface area contributed by atoms with Gasteiger partial charge in [-0.15, -0.1) is 16.8 Å². The normalized spacial score (nSPS) is 11.6. The monoisotopic (exact) mass is 450 g/mol.